The van der Waals surface area contributed by atoms with E-state index < -0.39 is 5.97 Å². The van der Waals surface area contributed by atoms with Crippen LogP contribution in [0.4, 0.5) is 5.82 Å². The molecule has 1 amide bonds. The largest absolute Gasteiger partial charge is 0.462 e. The molecule has 0 atom stereocenters. The van der Waals surface area contributed by atoms with Gasteiger partial charge in [0.1, 0.15) is 11.4 Å². The van der Waals surface area contributed by atoms with E-state index in [2.05, 4.69) is 15.4 Å². The maximum Gasteiger partial charge on any atom is 0.343 e. The second-order valence-electron chi connectivity index (χ2n) is 7.62. The van der Waals surface area contributed by atoms with E-state index >= 15 is 0 Å². The highest BCUT2D eigenvalue weighted by molar-refractivity contribution is 6.00. The highest BCUT2D eigenvalue weighted by Crippen LogP contribution is 2.25. The molecule has 0 unspecified atom stereocenters. The molecular formula is C21H26N6O4. The Morgan fingerprint density at radius 2 is 2.00 bits per heavy atom. The molecule has 10 nitrogen and oxygen atoms in total. The number of hydrogen-bond donors (Lipinski definition) is 2. The third-order valence-electron chi connectivity index (χ3n) is 5.61. The number of carbonyl (C=O) groups excluding carboxylic acids is 2. The molecular weight excluding hydrogens is 400 g/mol. The van der Waals surface area contributed by atoms with Crippen molar-refractivity contribution in [3.8, 4) is 0 Å². The molecule has 0 saturated carbocycles. The first-order chi connectivity index (χ1) is 15.0. The van der Waals surface area contributed by atoms with E-state index in [9.17, 15) is 14.4 Å². The molecule has 10 heteroatoms. The van der Waals surface area contributed by atoms with E-state index in [1.807, 2.05) is 33.7 Å². The Bertz CT molecular complexity index is 1150. The number of esters is 1. The minimum atomic E-state index is -0.518. The smallest absolute Gasteiger partial charge is 0.343 e. The van der Waals surface area contributed by atoms with Crippen molar-refractivity contribution in [3.63, 3.8) is 0 Å². The SMILES string of the molecule is CCOC(=O)c1cnn(C)c1NC(=O)CN1CCC(n2c(=O)[nH]c3ccccc32)CC1. The van der Waals surface area contributed by atoms with Crippen LogP contribution in [0, 0.1) is 0 Å². The molecule has 1 aromatic carbocycles. The third kappa shape index (κ3) is 4.24. The molecule has 1 fully saturated rings. The van der Waals surface area contributed by atoms with E-state index in [1.165, 1.54) is 10.9 Å². The van der Waals surface area contributed by atoms with Gasteiger partial charge in [-0.25, -0.2) is 9.59 Å². The maximum atomic E-state index is 12.6. The van der Waals surface area contributed by atoms with Crippen molar-refractivity contribution in [3.05, 3.63) is 46.5 Å². The van der Waals surface area contributed by atoms with Gasteiger partial charge in [-0.05, 0) is 31.9 Å². The van der Waals surface area contributed by atoms with E-state index in [-0.39, 0.29) is 36.4 Å². The average molecular weight is 426 g/mol. The number of piperidine rings is 1. The second kappa shape index (κ2) is 8.76. The number of nitrogens with zero attached hydrogens (tertiary/aromatic N) is 4. The van der Waals surface area contributed by atoms with Gasteiger partial charge in [0.2, 0.25) is 5.91 Å². The molecule has 3 heterocycles. The number of carbonyl (C=O) groups is 2. The summed E-state index contributed by atoms with van der Waals surface area (Å²) < 4.78 is 8.29. The van der Waals surface area contributed by atoms with Gasteiger partial charge in [-0.1, -0.05) is 12.1 Å². The summed E-state index contributed by atoms with van der Waals surface area (Å²) in [6.45, 7) is 3.55. The zero-order valence-electron chi connectivity index (χ0n) is 17.6. The number of nitrogens with one attached hydrogen (secondary N) is 2. The monoisotopic (exact) mass is 426 g/mol. The quantitative estimate of drug-likeness (QED) is 0.578. The van der Waals surface area contributed by atoms with Gasteiger partial charge in [-0.2, -0.15) is 5.10 Å². The number of para-hydroxylation sites is 2. The number of rotatable bonds is 6. The number of aryl methyl sites for hydroxylation is 1. The van der Waals surface area contributed by atoms with E-state index in [0.717, 1.165) is 23.9 Å². The number of anilines is 1. The number of H-pyrrole nitrogens is 1. The van der Waals surface area contributed by atoms with Gasteiger partial charge in [-0.15, -0.1) is 0 Å². The minimum Gasteiger partial charge on any atom is -0.462 e. The molecule has 3 aromatic rings. The highest BCUT2D eigenvalue weighted by atomic mass is 16.5. The predicted octanol–water partition coefficient (Wildman–Crippen LogP) is 1.52. The van der Waals surface area contributed by atoms with Crippen LogP contribution in [0.15, 0.2) is 35.3 Å². The van der Waals surface area contributed by atoms with Gasteiger partial charge in [0.15, 0.2) is 0 Å². The Morgan fingerprint density at radius 1 is 1.26 bits per heavy atom. The first-order valence-corrected chi connectivity index (χ1v) is 10.4. The van der Waals surface area contributed by atoms with Gasteiger partial charge < -0.3 is 15.0 Å². The van der Waals surface area contributed by atoms with Crippen LogP contribution < -0.4 is 11.0 Å². The fourth-order valence-electron chi connectivity index (χ4n) is 4.09. The van der Waals surface area contributed by atoms with Gasteiger partial charge in [-0.3, -0.25) is 18.9 Å². The number of fused-ring (bicyclic) bond motifs is 1. The summed E-state index contributed by atoms with van der Waals surface area (Å²) in [5.74, 6) is -0.420. The topological polar surface area (TPSA) is 114 Å². The Morgan fingerprint density at radius 3 is 2.74 bits per heavy atom. The van der Waals surface area contributed by atoms with Crippen molar-refractivity contribution < 1.29 is 14.3 Å². The molecule has 0 spiro atoms. The second-order valence-corrected chi connectivity index (χ2v) is 7.62. The summed E-state index contributed by atoms with van der Waals surface area (Å²) in [5, 5.41) is 6.82. The van der Waals surface area contributed by atoms with Gasteiger partial charge in [0.25, 0.3) is 0 Å². The number of hydrogen-bond acceptors (Lipinski definition) is 6. The summed E-state index contributed by atoms with van der Waals surface area (Å²) in [6, 6.07) is 7.77. The number of amides is 1. The van der Waals surface area contributed by atoms with Crippen LogP contribution in [-0.2, 0) is 16.6 Å². The third-order valence-corrected chi connectivity index (χ3v) is 5.61. The van der Waals surface area contributed by atoms with Crippen LogP contribution in [0.1, 0.15) is 36.2 Å². The van der Waals surface area contributed by atoms with Crippen LogP contribution in [0.5, 0.6) is 0 Å². The summed E-state index contributed by atoms with van der Waals surface area (Å²) in [5.41, 5.74) is 1.88. The van der Waals surface area contributed by atoms with Crippen LogP contribution in [0.2, 0.25) is 0 Å². The number of benzene rings is 1. The molecule has 1 aliphatic heterocycles. The van der Waals surface area contributed by atoms with Crippen molar-refractivity contribution in [1.29, 1.82) is 0 Å². The molecule has 1 aliphatic rings. The number of likely N-dealkylation sites (tertiary alicyclic amines) is 1. The van der Waals surface area contributed by atoms with Gasteiger partial charge in [0.05, 0.1) is 30.4 Å². The van der Waals surface area contributed by atoms with Crippen molar-refractivity contribution in [2.75, 3.05) is 31.6 Å². The lowest BCUT2D eigenvalue weighted by Crippen LogP contribution is -2.41. The Balaban J connectivity index is 1.37. The van der Waals surface area contributed by atoms with Crippen molar-refractivity contribution in [2.24, 2.45) is 7.05 Å². The van der Waals surface area contributed by atoms with E-state index in [4.69, 9.17) is 4.74 Å². The lowest BCUT2D eigenvalue weighted by Gasteiger charge is -2.32. The van der Waals surface area contributed by atoms with Crippen LogP contribution in [0.25, 0.3) is 11.0 Å². The Labute approximate surface area is 178 Å². The number of imidazole rings is 1. The minimum absolute atomic E-state index is 0.0930. The fourth-order valence-corrected chi connectivity index (χ4v) is 4.09. The summed E-state index contributed by atoms with van der Waals surface area (Å²) >= 11 is 0. The van der Waals surface area contributed by atoms with Crippen molar-refractivity contribution >= 4 is 28.7 Å². The van der Waals surface area contributed by atoms with Crippen molar-refractivity contribution in [2.45, 2.75) is 25.8 Å². The average Bonchev–Trinajstić information content (AvgIpc) is 3.28. The standard InChI is InChI=1S/C21H26N6O4/c1-3-31-20(29)15-12-22-25(2)19(15)24-18(28)13-26-10-8-14(9-11-26)27-17-7-5-4-6-16(17)23-21(27)30/h4-7,12,14H,3,8-11,13H2,1-2H3,(H,23,30)(H,24,28). The van der Waals surface area contributed by atoms with E-state index in [1.54, 1.807) is 14.0 Å². The summed E-state index contributed by atoms with van der Waals surface area (Å²) in [4.78, 5) is 42.0. The van der Waals surface area contributed by atoms with Crippen LogP contribution >= 0.6 is 0 Å². The molecule has 2 aromatic heterocycles. The predicted molar refractivity (Wildman–Crippen MR) is 115 cm³/mol. The first kappa shape index (κ1) is 20.9. The molecule has 31 heavy (non-hydrogen) atoms. The molecule has 0 bridgehead atoms. The van der Waals surface area contributed by atoms with E-state index in [0.29, 0.717) is 18.9 Å². The number of aromatic amines is 1. The number of ether oxygens (including phenoxy) is 1. The fraction of sp³-hybridized carbons (Fsp3) is 0.429. The van der Waals surface area contributed by atoms with Crippen LogP contribution in [-0.4, -0.2) is 62.3 Å². The lowest BCUT2D eigenvalue weighted by molar-refractivity contribution is -0.117. The zero-order chi connectivity index (χ0) is 22.0. The lowest BCUT2D eigenvalue weighted by atomic mass is 10.0. The van der Waals surface area contributed by atoms with Crippen LogP contribution in [0.3, 0.4) is 0 Å². The first-order valence-electron chi connectivity index (χ1n) is 10.4. The van der Waals surface area contributed by atoms with Gasteiger partial charge >= 0.3 is 11.7 Å². The highest BCUT2D eigenvalue weighted by Gasteiger charge is 2.25. The molecule has 164 valence electrons. The summed E-state index contributed by atoms with van der Waals surface area (Å²) in [6.07, 6.45) is 2.93. The molecule has 1 saturated heterocycles. The molecule has 2 N–H and O–H groups in total. The Hall–Kier alpha value is -3.40. The zero-order valence-corrected chi connectivity index (χ0v) is 17.6. The molecule has 0 aliphatic carbocycles. The Kier molecular flexibility index (Phi) is 5.90. The summed E-state index contributed by atoms with van der Waals surface area (Å²) in [7, 11) is 1.66. The molecule has 4 rings (SSSR count). The molecule has 0 radical (unpaired) electrons. The van der Waals surface area contributed by atoms with Crippen molar-refractivity contribution in [1.82, 2.24) is 24.2 Å². The van der Waals surface area contributed by atoms with Gasteiger partial charge in [0, 0.05) is 26.2 Å². The normalized spacial score (nSPS) is 15.3. The maximum absolute atomic E-state index is 12.6. The number of aromatic nitrogens is 4.